The Hall–Kier alpha value is -7.30. The molecule has 11 rings (SSSR count). The van der Waals surface area contributed by atoms with Crippen molar-refractivity contribution in [2.24, 2.45) is 0 Å². The number of nitrogens with zero attached hydrogens (tertiary/aromatic N) is 2. The number of anilines is 6. The van der Waals surface area contributed by atoms with E-state index < -0.39 is 0 Å². The fraction of sp³-hybridized carbons (Fsp3) is 0.107. The molecule has 9 aromatic carbocycles. The Morgan fingerprint density at radius 1 is 0.283 bits per heavy atom. The number of hydrogen-bond donors (Lipinski definition) is 0. The van der Waals surface area contributed by atoms with Crippen molar-refractivity contribution in [3.8, 4) is 0 Å². The maximum absolute atomic E-state index is 6.67. The summed E-state index contributed by atoms with van der Waals surface area (Å²) in [6.45, 7) is 12.9. The van der Waals surface area contributed by atoms with Crippen LogP contribution in [0.15, 0.2) is 167 Å². The van der Waals surface area contributed by atoms with Crippen LogP contribution in [0.2, 0.25) is 0 Å². The number of hydrogen-bond acceptors (Lipinski definition) is 4. The van der Waals surface area contributed by atoms with Crippen LogP contribution in [-0.4, -0.2) is 0 Å². The van der Waals surface area contributed by atoms with Crippen LogP contribution in [0.3, 0.4) is 0 Å². The van der Waals surface area contributed by atoms with Crippen LogP contribution in [0.4, 0.5) is 34.1 Å². The van der Waals surface area contributed by atoms with Crippen molar-refractivity contribution in [3.05, 3.63) is 191 Å². The van der Waals surface area contributed by atoms with E-state index in [-0.39, 0.29) is 0 Å². The third-order valence-electron chi connectivity index (χ3n) is 12.6. The lowest BCUT2D eigenvalue weighted by molar-refractivity contribution is 0.663. The molecule has 0 aliphatic rings. The van der Waals surface area contributed by atoms with Gasteiger partial charge in [0.15, 0.2) is 0 Å². The van der Waals surface area contributed by atoms with Gasteiger partial charge >= 0.3 is 0 Å². The molecule has 290 valence electrons. The standard InChI is InChI=1S/C56H44N2O2/c1-33-7-15-43(16-8-33)57(45-19-11-35(3)37(5)25-45)47-21-13-39-29-49-53(31-41(39)27-47)59-51-23-24-52-56(55(49)51)50-30-40-14-22-48(28-42(40)32-54(50)60-52)58(44-17-9-34(2)10-18-44)46-20-12-36(4)38(6)26-46/h7-32H,1-6H3. The minimum atomic E-state index is 0.852. The average Bonchev–Trinajstić information content (AvgIpc) is 3.80. The highest BCUT2D eigenvalue weighted by Crippen LogP contribution is 2.44. The predicted octanol–water partition coefficient (Wildman–Crippen LogP) is 16.6. The van der Waals surface area contributed by atoms with Gasteiger partial charge in [-0.25, -0.2) is 0 Å². The molecule has 0 aliphatic heterocycles. The molecule has 0 fully saturated rings. The van der Waals surface area contributed by atoms with E-state index in [0.29, 0.717) is 0 Å². The molecule has 0 saturated heterocycles. The van der Waals surface area contributed by atoms with E-state index in [1.807, 2.05) is 0 Å². The first-order chi connectivity index (χ1) is 29.1. The highest BCUT2D eigenvalue weighted by atomic mass is 16.3. The van der Waals surface area contributed by atoms with Crippen LogP contribution < -0.4 is 9.80 Å². The van der Waals surface area contributed by atoms with Gasteiger partial charge < -0.3 is 18.6 Å². The van der Waals surface area contributed by atoms with Crippen LogP contribution in [0, 0.1) is 41.5 Å². The van der Waals surface area contributed by atoms with Crippen molar-refractivity contribution in [1.82, 2.24) is 0 Å². The van der Waals surface area contributed by atoms with Gasteiger partial charge in [-0.3, -0.25) is 0 Å². The highest BCUT2D eigenvalue weighted by molar-refractivity contribution is 6.27. The van der Waals surface area contributed by atoms with E-state index in [9.17, 15) is 0 Å². The molecular formula is C56H44N2O2. The van der Waals surface area contributed by atoms with Gasteiger partial charge in [0.1, 0.15) is 22.3 Å². The molecule has 4 nitrogen and oxygen atoms in total. The van der Waals surface area contributed by atoms with Crippen molar-refractivity contribution in [1.29, 1.82) is 0 Å². The largest absolute Gasteiger partial charge is 0.456 e. The molecule has 0 aliphatic carbocycles. The number of fused-ring (bicyclic) bond motifs is 9. The molecule has 2 heterocycles. The smallest absolute Gasteiger partial charge is 0.136 e. The summed E-state index contributed by atoms with van der Waals surface area (Å²) >= 11 is 0. The number of aryl methyl sites for hydroxylation is 6. The van der Waals surface area contributed by atoms with Gasteiger partial charge in [-0.2, -0.15) is 0 Å². The van der Waals surface area contributed by atoms with E-state index in [0.717, 1.165) is 99.5 Å². The lowest BCUT2D eigenvalue weighted by atomic mass is 10.00. The van der Waals surface area contributed by atoms with E-state index in [1.54, 1.807) is 0 Å². The lowest BCUT2D eigenvalue weighted by Crippen LogP contribution is -2.10. The Labute approximate surface area is 349 Å². The summed E-state index contributed by atoms with van der Waals surface area (Å²) in [5, 5.41) is 8.89. The van der Waals surface area contributed by atoms with Gasteiger partial charge in [-0.1, -0.05) is 59.7 Å². The van der Waals surface area contributed by atoms with Crippen molar-refractivity contribution >= 4 is 99.5 Å². The van der Waals surface area contributed by atoms with Crippen LogP contribution in [0.1, 0.15) is 33.4 Å². The van der Waals surface area contributed by atoms with Gasteiger partial charge in [0.2, 0.25) is 0 Å². The topological polar surface area (TPSA) is 32.8 Å². The van der Waals surface area contributed by atoms with Crippen molar-refractivity contribution in [2.75, 3.05) is 9.80 Å². The van der Waals surface area contributed by atoms with Crippen molar-refractivity contribution in [2.45, 2.75) is 41.5 Å². The third kappa shape index (κ3) is 5.90. The molecule has 0 unspecified atom stereocenters. The molecule has 0 atom stereocenters. The predicted molar refractivity (Wildman–Crippen MR) is 254 cm³/mol. The first-order valence-electron chi connectivity index (χ1n) is 20.7. The van der Waals surface area contributed by atoms with E-state index in [1.165, 1.54) is 33.4 Å². The van der Waals surface area contributed by atoms with Crippen LogP contribution in [0.25, 0.3) is 65.4 Å². The summed E-state index contributed by atoms with van der Waals surface area (Å²) in [7, 11) is 0. The lowest BCUT2D eigenvalue weighted by Gasteiger charge is -2.26. The molecule has 0 amide bonds. The fourth-order valence-electron chi connectivity index (χ4n) is 8.88. The van der Waals surface area contributed by atoms with Gasteiger partial charge in [0, 0.05) is 55.7 Å². The van der Waals surface area contributed by atoms with Crippen LogP contribution in [0.5, 0.6) is 0 Å². The number of rotatable bonds is 6. The quantitative estimate of drug-likeness (QED) is 0.168. The molecule has 2 aromatic heterocycles. The Bertz CT molecular complexity index is 3260. The molecule has 0 N–H and O–H groups in total. The summed E-state index contributed by atoms with van der Waals surface area (Å²) in [4.78, 5) is 4.68. The Morgan fingerprint density at radius 2 is 0.650 bits per heavy atom. The molecule has 11 aromatic rings. The number of benzene rings is 9. The summed E-state index contributed by atoms with van der Waals surface area (Å²) < 4.78 is 13.3. The van der Waals surface area contributed by atoms with Crippen LogP contribution in [-0.2, 0) is 0 Å². The Morgan fingerprint density at radius 3 is 1.05 bits per heavy atom. The Kier molecular flexibility index (Phi) is 8.15. The van der Waals surface area contributed by atoms with E-state index in [4.69, 9.17) is 8.83 Å². The summed E-state index contributed by atoms with van der Waals surface area (Å²) in [5.74, 6) is 0. The second kappa shape index (κ2) is 13.6. The third-order valence-corrected chi connectivity index (χ3v) is 12.6. The molecular weight excluding hydrogens is 733 g/mol. The second-order valence-electron chi connectivity index (χ2n) is 16.7. The zero-order valence-electron chi connectivity index (χ0n) is 34.7. The first kappa shape index (κ1) is 35.8. The average molecular weight is 777 g/mol. The molecule has 4 heteroatoms. The minimum absolute atomic E-state index is 0.852. The maximum atomic E-state index is 6.67. The van der Waals surface area contributed by atoms with Gasteiger partial charge in [-0.15, -0.1) is 0 Å². The SMILES string of the molecule is Cc1ccc(N(c2ccc(C)c(C)c2)c2ccc3cc4c(cc3c2)oc2ccc3oc5cc6cc(N(c7ccc(C)cc7)c7ccc(C)c(C)c7)ccc6cc5c3c24)cc1. The minimum Gasteiger partial charge on any atom is -0.456 e. The molecule has 60 heavy (non-hydrogen) atoms. The van der Waals surface area contributed by atoms with Crippen molar-refractivity contribution < 1.29 is 8.83 Å². The summed E-state index contributed by atoms with van der Waals surface area (Å²) in [6, 6.07) is 57.4. The normalized spacial score (nSPS) is 11.8. The second-order valence-corrected chi connectivity index (χ2v) is 16.7. The van der Waals surface area contributed by atoms with Gasteiger partial charge in [0.05, 0.1) is 0 Å². The molecule has 0 saturated carbocycles. The van der Waals surface area contributed by atoms with Gasteiger partial charge in [-0.05, 0) is 195 Å². The van der Waals surface area contributed by atoms with Crippen molar-refractivity contribution in [3.63, 3.8) is 0 Å². The Balaban J connectivity index is 1.04. The maximum Gasteiger partial charge on any atom is 0.136 e. The zero-order chi connectivity index (χ0) is 40.8. The summed E-state index contributed by atoms with van der Waals surface area (Å²) in [5.41, 5.74) is 17.7. The van der Waals surface area contributed by atoms with E-state index in [2.05, 4.69) is 209 Å². The number of furan rings is 2. The van der Waals surface area contributed by atoms with Gasteiger partial charge in [0.25, 0.3) is 0 Å². The molecule has 0 radical (unpaired) electrons. The molecule has 0 bridgehead atoms. The highest BCUT2D eigenvalue weighted by Gasteiger charge is 2.20. The zero-order valence-corrected chi connectivity index (χ0v) is 34.7. The van der Waals surface area contributed by atoms with Crippen LogP contribution >= 0.6 is 0 Å². The monoisotopic (exact) mass is 776 g/mol. The fourth-order valence-corrected chi connectivity index (χ4v) is 8.88. The summed E-state index contributed by atoms with van der Waals surface area (Å²) in [6.07, 6.45) is 0. The molecule has 0 spiro atoms. The first-order valence-corrected chi connectivity index (χ1v) is 20.7. The van der Waals surface area contributed by atoms with E-state index >= 15 is 0 Å².